The van der Waals surface area contributed by atoms with Crippen LogP contribution in [0, 0.1) is 20.2 Å². The zero-order chi connectivity index (χ0) is 28.7. The Bertz CT molecular complexity index is 1860. The van der Waals surface area contributed by atoms with Crippen LogP contribution in [0.4, 0.5) is 11.4 Å². The van der Waals surface area contributed by atoms with E-state index in [2.05, 4.69) is 10.2 Å². The van der Waals surface area contributed by atoms with Crippen LogP contribution in [-0.4, -0.2) is 57.9 Å². The Labute approximate surface area is 246 Å². The van der Waals surface area contributed by atoms with Crippen LogP contribution in [0.25, 0.3) is 22.8 Å². The van der Waals surface area contributed by atoms with E-state index >= 15 is 0 Å². The molecular weight excluding hydrogens is 587 g/mol. The fourth-order valence-electron chi connectivity index (χ4n) is 3.42. The van der Waals surface area contributed by atoms with Gasteiger partial charge in [0.25, 0.3) is 21.5 Å². The molecule has 0 atom stereocenters. The van der Waals surface area contributed by atoms with Gasteiger partial charge in [-0.15, -0.1) is 0 Å². The van der Waals surface area contributed by atoms with Gasteiger partial charge in [-0.2, -0.15) is 8.42 Å². The number of hydrogen-bond acceptors (Lipinski definition) is 12. The second kappa shape index (κ2) is 11.3. The van der Waals surface area contributed by atoms with Crippen molar-refractivity contribution in [3.8, 4) is 28.5 Å². The molecule has 0 aliphatic heterocycles. The number of non-ortho nitro benzene ring substituents is 2. The quantitative estimate of drug-likeness (QED) is 0.0771. The Morgan fingerprint density at radius 2 is 1.52 bits per heavy atom. The summed E-state index contributed by atoms with van der Waals surface area (Å²) in [7, 11) is -9.01. The predicted octanol–water partition coefficient (Wildman–Crippen LogP) is -1.81. The maximum absolute atomic E-state index is 12.1. The monoisotopic (exact) mass is 601 g/mol. The van der Waals surface area contributed by atoms with Crippen LogP contribution >= 0.6 is 0 Å². The zero-order valence-electron chi connectivity index (χ0n) is 20.3. The maximum Gasteiger partial charge on any atom is 1.00 e. The van der Waals surface area contributed by atoms with E-state index in [1.807, 2.05) is 0 Å². The van der Waals surface area contributed by atoms with Gasteiger partial charge in [0, 0.05) is 29.1 Å². The summed E-state index contributed by atoms with van der Waals surface area (Å²) >= 11 is 0. The van der Waals surface area contributed by atoms with E-state index in [1.165, 1.54) is 25.3 Å². The van der Waals surface area contributed by atoms with Crippen LogP contribution < -0.4 is 39.1 Å². The van der Waals surface area contributed by atoms with E-state index in [0.717, 1.165) is 46.0 Å². The number of benzene rings is 3. The number of nitro benzene ring substituents is 2. The average Bonchev–Trinajstić information content (AvgIpc) is 3.32. The van der Waals surface area contributed by atoms with E-state index in [0.29, 0.717) is 6.07 Å². The van der Waals surface area contributed by atoms with E-state index in [9.17, 15) is 46.2 Å². The molecule has 1 N–H and O–H groups in total. The summed E-state index contributed by atoms with van der Waals surface area (Å²) in [6.07, 6.45) is 0. The van der Waals surface area contributed by atoms with Gasteiger partial charge in [-0.3, -0.25) is 24.8 Å². The molecule has 4 rings (SSSR count). The molecule has 1 heterocycles. The second-order valence-corrected chi connectivity index (χ2v) is 10.3. The van der Waals surface area contributed by atoms with Gasteiger partial charge in [-0.05, 0) is 40.2 Å². The van der Waals surface area contributed by atoms with Gasteiger partial charge in [0.15, 0.2) is 5.75 Å². The summed E-state index contributed by atoms with van der Waals surface area (Å²) in [6, 6.07) is 10.4. The number of rotatable bonds is 8. The van der Waals surface area contributed by atoms with Gasteiger partial charge < -0.3 is 9.29 Å². The van der Waals surface area contributed by atoms with Crippen molar-refractivity contribution in [3.63, 3.8) is 0 Å². The van der Waals surface area contributed by atoms with Gasteiger partial charge in [0.1, 0.15) is 20.7 Å². The van der Waals surface area contributed by atoms with Crippen LogP contribution in [0.1, 0.15) is 0 Å². The zero-order valence-corrected chi connectivity index (χ0v) is 23.9. The molecule has 0 spiro atoms. The third-order valence-electron chi connectivity index (χ3n) is 5.20. The van der Waals surface area contributed by atoms with E-state index in [1.54, 1.807) is 0 Å². The fraction of sp³-hybridized carbons (Fsp3) is 0.0500. The third kappa shape index (κ3) is 6.14. The van der Waals surface area contributed by atoms with E-state index in [4.69, 9.17) is 4.74 Å². The Morgan fingerprint density at radius 3 is 2.05 bits per heavy atom. The largest absolute Gasteiger partial charge is 1.00 e. The average molecular weight is 601 g/mol. The van der Waals surface area contributed by atoms with Crippen molar-refractivity contribution < 1.29 is 74.9 Å². The van der Waals surface area contributed by atoms with Crippen molar-refractivity contribution in [2.75, 3.05) is 7.11 Å². The number of ether oxygens (including phenoxy) is 1. The molecule has 20 heteroatoms. The molecule has 3 aromatic carbocycles. The first-order valence-corrected chi connectivity index (χ1v) is 13.1. The Hall–Kier alpha value is -3.85. The molecule has 0 saturated carbocycles. The molecule has 40 heavy (non-hydrogen) atoms. The number of methoxy groups -OCH3 is 1. The summed E-state index contributed by atoms with van der Waals surface area (Å²) in [5.41, 5.74) is -0.818. The number of tetrazole rings is 1. The van der Waals surface area contributed by atoms with Gasteiger partial charge in [0.2, 0.25) is 5.69 Å². The number of aromatic nitrogens is 4. The number of nitro groups is 2. The predicted molar refractivity (Wildman–Crippen MR) is 126 cm³/mol. The molecule has 0 aliphatic rings. The molecular formula is C20H14N6NaO11S2+. The van der Waals surface area contributed by atoms with Crippen LogP contribution in [0.2, 0.25) is 0 Å². The Balaban J connectivity index is 0.00000441. The summed E-state index contributed by atoms with van der Waals surface area (Å²) in [5.74, 6) is -0.490. The summed E-state index contributed by atoms with van der Waals surface area (Å²) < 4.78 is 73.4. The maximum atomic E-state index is 12.1. The summed E-state index contributed by atoms with van der Waals surface area (Å²) in [6.45, 7) is 0. The van der Waals surface area contributed by atoms with Gasteiger partial charge >= 0.3 is 35.4 Å². The molecule has 4 aromatic rings. The van der Waals surface area contributed by atoms with Gasteiger partial charge in [-0.1, -0.05) is 0 Å². The molecule has 1 aromatic heterocycles. The third-order valence-corrected chi connectivity index (χ3v) is 6.92. The van der Waals surface area contributed by atoms with Gasteiger partial charge in [0.05, 0.1) is 38.6 Å². The van der Waals surface area contributed by atoms with Crippen LogP contribution in [0.15, 0.2) is 70.5 Å². The first-order valence-electron chi connectivity index (χ1n) is 10.3. The van der Waals surface area contributed by atoms with Crippen LogP contribution in [0.5, 0.6) is 5.75 Å². The van der Waals surface area contributed by atoms with E-state index in [-0.39, 0.29) is 58.1 Å². The molecule has 0 aliphatic carbocycles. The van der Waals surface area contributed by atoms with Crippen LogP contribution in [0.3, 0.4) is 0 Å². The van der Waals surface area contributed by atoms with Crippen molar-refractivity contribution in [2.24, 2.45) is 0 Å². The second-order valence-electron chi connectivity index (χ2n) is 7.58. The smallest absolute Gasteiger partial charge is 0.744 e. The SMILES string of the molecule is COc1cc([N+](=O)[O-])ccc1-[n+]1nc(-c2ccc(S(=O)(=O)[O-])cc2S(=O)(=O)O)nn1-c1ccc([N+](=O)[O-])cc1.[Na+]. The Morgan fingerprint density at radius 1 is 0.925 bits per heavy atom. The van der Waals surface area contributed by atoms with Crippen molar-refractivity contribution in [3.05, 3.63) is 80.9 Å². The topological polar surface area (TPSA) is 242 Å². The Kier molecular flexibility index (Phi) is 8.69. The summed E-state index contributed by atoms with van der Waals surface area (Å²) in [4.78, 5) is 21.1. The standard InChI is InChI=1S/C20H14N6O11S2.Na/c1-37-18-10-14(26(29)30)6-9-17(18)24-22-20(21-23(24)12-2-4-13(5-3-12)25(27)28)16-8-7-15(38(31,32)33)11-19(16)39(34,35)36;/h2-11H,1H3,(H-,31,32,33,34,35,36);/q;+1. The molecule has 0 bridgehead atoms. The van der Waals surface area contributed by atoms with E-state index < -0.39 is 51.3 Å². The first-order chi connectivity index (χ1) is 18.2. The van der Waals surface area contributed by atoms with Crippen molar-refractivity contribution in [1.29, 1.82) is 0 Å². The molecule has 0 fully saturated rings. The molecule has 202 valence electrons. The van der Waals surface area contributed by atoms with Crippen LogP contribution in [-0.2, 0) is 20.2 Å². The minimum atomic E-state index is -5.12. The van der Waals surface area contributed by atoms with Crippen molar-refractivity contribution >= 4 is 31.6 Å². The minimum absolute atomic E-state index is 0. The number of hydrogen-bond donors (Lipinski definition) is 1. The van der Waals surface area contributed by atoms with Crippen molar-refractivity contribution in [2.45, 2.75) is 9.79 Å². The first kappa shape index (κ1) is 30.7. The van der Waals surface area contributed by atoms with Crippen molar-refractivity contribution in [1.82, 2.24) is 15.0 Å². The summed E-state index contributed by atoms with van der Waals surface area (Å²) in [5, 5.41) is 30.7. The molecule has 0 saturated heterocycles. The molecule has 0 radical (unpaired) electrons. The fourth-order valence-corrected chi connectivity index (χ4v) is 4.71. The minimum Gasteiger partial charge on any atom is -0.744 e. The van der Waals surface area contributed by atoms with Gasteiger partial charge in [-0.25, -0.2) is 8.42 Å². The molecule has 17 nitrogen and oxygen atoms in total. The molecule has 0 unspecified atom stereocenters. The molecule has 0 amide bonds. The normalized spacial score (nSPS) is 11.5. The number of nitrogens with zero attached hydrogens (tertiary/aromatic N) is 6.